The molecule has 0 spiro atoms. The molecule has 0 radical (unpaired) electrons. The Bertz CT molecular complexity index is 1020. The first kappa shape index (κ1) is 20.1. The molecular formula is C23H25N3O4. The predicted octanol–water partition coefficient (Wildman–Crippen LogP) is 3.56. The molecule has 7 nitrogen and oxygen atoms in total. The number of carbonyl (C=O) groups is 1. The fourth-order valence-electron chi connectivity index (χ4n) is 3.86. The smallest absolute Gasteiger partial charge is 0.273 e. The third-order valence-electron chi connectivity index (χ3n) is 5.49. The van der Waals surface area contributed by atoms with Crippen LogP contribution in [0.25, 0.3) is 11.3 Å². The number of nitrogens with one attached hydrogen (secondary N) is 1. The second kappa shape index (κ2) is 8.30. The Labute approximate surface area is 175 Å². The van der Waals surface area contributed by atoms with Gasteiger partial charge in [-0.15, -0.1) is 0 Å². The minimum Gasteiger partial charge on any atom is -0.497 e. The van der Waals surface area contributed by atoms with Gasteiger partial charge in [-0.1, -0.05) is 29.8 Å². The van der Waals surface area contributed by atoms with E-state index in [-0.39, 0.29) is 11.9 Å². The lowest BCUT2D eigenvalue weighted by Crippen LogP contribution is -2.38. The lowest BCUT2D eigenvalue weighted by molar-refractivity contribution is -0.113. The van der Waals surface area contributed by atoms with E-state index in [9.17, 15) is 4.79 Å². The summed E-state index contributed by atoms with van der Waals surface area (Å²) in [5.41, 5.74) is 5.19. The number of amides is 1. The van der Waals surface area contributed by atoms with Crippen molar-refractivity contribution in [3.05, 3.63) is 70.9 Å². The molecule has 3 aromatic rings. The Morgan fingerprint density at radius 1 is 1.03 bits per heavy atom. The number of H-pyrrole nitrogens is 1. The average molecular weight is 407 g/mol. The highest BCUT2D eigenvalue weighted by Crippen LogP contribution is 2.43. The average Bonchev–Trinajstić information content (AvgIpc) is 3.32. The SMILES string of the molecule is COc1ccc(-c2n[nH]c3c2C(c2ccc(C)cc2)N(CC(OC)OC)C3=O)cc1. The maximum atomic E-state index is 13.3. The summed E-state index contributed by atoms with van der Waals surface area (Å²) >= 11 is 0. The summed E-state index contributed by atoms with van der Waals surface area (Å²) in [5, 5.41) is 7.44. The molecule has 4 rings (SSSR count). The molecule has 1 aromatic heterocycles. The molecule has 156 valence electrons. The number of hydrogen-bond donors (Lipinski definition) is 1. The molecule has 0 aliphatic carbocycles. The van der Waals surface area contributed by atoms with Gasteiger partial charge in [-0.2, -0.15) is 5.10 Å². The van der Waals surface area contributed by atoms with Gasteiger partial charge >= 0.3 is 0 Å². The molecule has 1 atom stereocenters. The zero-order valence-electron chi connectivity index (χ0n) is 17.5. The molecular weight excluding hydrogens is 382 g/mol. The molecule has 2 heterocycles. The predicted molar refractivity (Wildman–Crippen MR) is 112 cm³/mol. The summed E-state index contributed by atoms with van der Waals surface area (Å²) in [5.74, 6) is 0.642. The van der Waals surface area contributed by atoms with Gasteiger partial charge in [0.1, 0.15) is 11.4 Å². The molecule has 1 aliphatic rings. The van der Waals surface area contributed by atoms with E-state index in [4.69, 9.17) is 14.2 Å². The summed E-state index contributed by atoms with van der Waals surface area (Å²) in [6.07, 6.45) is -0.525. The number of carbonyl (C=O) groups excluding carboxylic acids is 1. The van der Waals surface area contributed by atoms with E-state index >= 15 is 0 Å². The first-order valence-corrected chi connectivity index (χ1v) is 9.73. The number of nitrogens with zero attached hydrogens (tertiary/aromatic N) is 2. The third-order valence-corrected chi connectivity index (χ3v) is 5.49. The van der Waals surface area contributed by atoms with Crippen LogP contribution in [0.15, 0.2) is 48.5 Å². The van der Waals surface area contributed by atoms with Crippen molar-refractivity contribution in [1.29, 1.82) is 0 Å². The third kappa shape index (κ3) is 3.46. The van der Waals surface area contributed by atoms with Crippen molar-refractivity contribution in [3.8, 4) is 17.0 Å². The summed E-state index contributed by atoms with van der Waals surface area (Å²) in [6.45, 7) is 2.34. The van der Waals surface area contributed by atoms with Crippen molar-refractivity contribution in [2.24, 2.45) is 0 Å². The highest BCUT2D eigenvalue weighted by molar-refractivity contribution is 6.00. The van der Waals surface area contributed by atoms with Gasteiger partial charge in [0.25, 0.3) is 5.91 Å². The molecule has 0 saturated heterocycles. The first-order chi connectivity index (χ1) is 14.6. The number of ether oxygens (including phenoxy) is 3. The zero-order chi connectivity index (χ0) is 21.3. The zero-order valence-corrected chi connectivity index (χ0v) is 17.5. The van der Waals surface area contributed by atoms with E-state index < -0.39 is 6.29 Å². The Kier molecular flexibility index (Phi) is 5.57. The van der Waals surface area contributed by atoms with E-state index in [2.05, 4.69) is 22.3 Å². The van der Waals surface area contributed by atoms with Crippen LogP contribution in [0.5, 0.6) is 5.75 Å². The van der Waals surface area contributed by atoms with Gasteiger partial charge in [-0.05, 0) is 36.8 Å². The first-order valence-electron chi connectivity index (χ1n) is 9.73. The standard InChI is InChI=1S/C23H25N3O4/c1-14-5-7-16(8-6-14)22-19-20(15-9-11-17(28-2)12-10-15)24-25-21(19)23(27)26(22)13-18(29-3)30-4/h5-12,18,22H,13H2,1-4H3,(H,24,25). The number of hydrogen-bond acceptors (Lipinski definition) is 5. The monoisotopic (exact) mass is 407 g/mol. The summed E-state index contributed by atoms with van der Waals surface area (Å²) in [6, 6.07) is 15.6. The van der Waals surface area contributed by atoms with Crippen LogP contribution in [0, 0.1) is 6.92 Å². The van der Waals surface area contributed by atoms with Gasteiger partial charge in [0.2, 0.25) is 0 Å². The highest BCUT2D eigenvalue weighted by atomic mass is 16.7. The maximum absolute atomic E-state index is 13.3. The number of aromatic amines is 1. The van der Waals surface area contributed by atoms with Crippen molar-refractivity contribution in [3.63, 3.8) is 0 Å². The molecule has 30 heavy (non-hydrogen) atoms. The number of rotatable bonds is 7. The largest absolute Gasteiger partial charge is 0.497 e. The lowest BCUT2D eigenvalue weighted by Gasteiger charge is -2.29. The molecule has 0 fully saturated rings. The van der Waals surface area contributed by atoms with E-state index in [0.717, 1.165) is 33.7 Å². The molecule has 2 aromatic carbocycles. The minimum atomic E-state index is -0.525. The van der Waals surface area contributed by atoms with Gasteiger partial charge in [0.15, 0.2) is 6.29 Å². The molecule has 0 bridgehead atoms. The summed E-state index contributed by atoms with van der Waals surface area (Å²) in [7, 11) is 4.77. The van der Waals surface area contributed by atoms with Crippen molar-refractivity contribution < 1.29 is 19.0 Å². The normalized spacial score (nSPS) is 15.7. The van der Waals surface area contributed by atoms with Gasteiger partial charge < -0.3 is 19.1 Å². The van der Waals surface area contributed by atoms with Crippen LogP contribution in [-0.4, -0.2) is 55.2 Å². The van der Waals surface area contributed by atoms with E-state index in [0.29, 0.717) is 12.2 Å². The minimum absolute atomic E-state index is 0.123. The quantitative estimate of drug-likeness (QED) is 0.606. The van der Waals surface area contributed by atoms with E-state index in [1.54, 1.807) is 26.2 Å². The van der Waals surface area contributed by atoms with Gasteiger partial charge in [-0.3, -0.25) is 9.89 Å². The number of aromatic nitrogens is 2. The van der Waals surface area contributed by atoms with Crippen LogP contribution < -0.4 is 4.74 Å². The maximum Gasteiger partial charge on any atom is 0.273 e. The van der Waals surface area contributed by atoms with Crippen LogP contribution >= 0.6 is 0 Å². The Morgan fingerprint density at radius 3 is 2.30 bits per heavy atom. The Morgan fingerprint density at radius 2 is 1.70 bits per heavy atom. The van der Waals surface area contributed by atoms with Gasteiger partial charge in [0.05, 0.1) is 25.4 Å². The number of methoxy groups -OCH3 is 3. The molecule has 7 heteroatoms. The van der Waals surface area contributed by atoms with Crippen molar-refractivity contribution >= 4 is 5.91 Å². The summed E-state index contributed by atoms with van der Waals surface area (Å²) in [4.78, 5) is 15.1. The fraction of sp³-hybridized carbons (Fsp3) is 0.304. The van der Waals surface area contributed by atoms with Gasteiger partial charge in [0, 0.05) is 25.3 Å². The van der Waals surface area contributed by atoms with E-state index in [1.165, 1.54) is 0 Å². The summed E-state index contributed by atoms with van der Waals surface area (Å²) < 4.78 is 16.0. The second-order valence-electron chi connectivity index (χ2n) is 7.26. The number of aryl methyl sites for hydroxylation is 1. The van der Waals surface area contributed by atoms with E-state index in [1.807, 2.05) is 43.3 Å². The molecule has 1 unspecified atom stereocenters. The molecule has 1 N–H and O–H groups in total. The molecule has 0 saturated carbocycles. The molecule has 1 amide bonds. The molecule has 1 aliphatic heterocycles. The van der Waals surface area contributed by atoms with Crippen molar-refractivity contribution in [1.82, 2.24) is 15.1 Å². The van der Waals surface area contributed by atoms with Crippen LogP contribution in [0.4, 0.5) is 0 Å². The van der Waals surface area contributed by atoms with Crippen LogP contribution in [0.2, 0.25) is 0 Å². The highest BCUT2D eigenvalue weighted by Gasteiger charge is 2.43. The Balaban J connectivity index is 1.82. The topological polar surface area (TPSA) is 76.7 Å². The Hall–Kier alpha value is -3.16. The van der Waals surface area contributed by atoms with Crippen LogP contribution in [-0.2, 0) is 9.47 Å². The number of benzene rings is 2. The van der Waals surface area contributed by atoms with Crippen LogP contribution in [0.3, 0.4) is 0 Å². The van der Waals surface area contributed by atoms with Crippen LogP contribution in [0.1, 0.15) is 33.2 Å². The van der Waals surface area contributed by atoms with Crippen molar-refractivity contribution in [2.45, 2.75) is 19.3 Å². The van der Waals surface area contributed by atoms with Gasteiger partial charge in [-0.25, -0.2) is 0 Å². The lowest BCUT2D eigenvalue weighted by atomic mass is 9.95. The second-order valence-corrected chi connectivity index (χ2v) is 7.26. The fourth-order valence-corrected chi connectivity index (χ4v) is 3.86. The van der Waals surface area contributed by atoms with Crippen molar-refractivity contribution in [2.75, 3.05) is 27.9 Å². The number of fused-ring (bicyclic) bond motifs is 1.